The summed E-state index contributed by atoms with van der Waals surface area (Å²) in [7, 11) is 1.65. The Morgan fingerprint density at radius 2 is 1.90 bits per heavy atom. The van der Waals surface area contributed by atoms with Crippen LogP contribution < -0.4 is 0 Å². The van der Waals surface area contributed by atoms with Gasteiger partial charge in [0.25, 0.3) is 5.91 Å². The van der Waals surface area contributed by atoms with E-state index in [2.05, 4.69) is 15.9 Å². The zero-order chi connectivity index (χ0) is 14.4. The molecule has 0 aliphatic heterocycles. The molecular formula is C16H18BrNO2. The van der Waals surface area contributed by atoms with Crippen LogP contribution in [0.4, 0.5) is 0 Å². The summed E-state index contributed by atoms with van der Waals surface area (Å²) in [5, 5.41) is 2.84. The smallest absolute Gasteiger partial charge is 0.254 e. The molecule has 1 amide bonds. The highest BCUT2D eigenvalue weighted by Crippen LogP contribution is 2.20. The molecule has 0 aromatic heterocycles. The van der Waals surface area contributed by atoms with Crippen LogP contribution in [0.1, 0.15) is 10.4 Å². The molecule has 2 rings (SSSR count). The zero-order valence-electron chi connectivity index (χ0n) is 11.5. The molecule has 0 N–H and O–H groups in total. The van der Waals surface area contributed by atoms with Crippen LogP contribution in [0.25, 0.3) is 10.8 Å². The lowest BCUT2D eigenvalue weighted by Crippen LogP contribution is -2.35. The maximum atomic E-state index is 12.7. The third-order valence-corrected chi connectivity index (χ3v) is 3.58. The maximum Gasteiger partial charge on any atom is 0.254 e. The van der Waals surface area contributed by atoms with E-state index in [1.165, 1.54) is 0 Å². The summed E-state index contributed by atoms with van der Waals surface area (Å²) in [6, 6.07) is 13.8. The number of amides is 1. The Hall–Kier alpha value is -1.39. The number of fused-ring (bicyclic) bond motifs is 1. The second kappa shape index (κ2) is 7.41. The molecule has 0 spiro atoms. The topological polar surface area (TPSA) is 29.5 Å². The Kier molecular flexibility index (Phi) is 5.56. The molecule has 0 aliphatic carbocycles. The summed E-state index contributed by atoms with van der Waals surface area (Å²) < 4.78 is 5.08. The summed E-state index contributed by atoms with van der Waals surface area (Å²) in [5.41, 5.74) is 0.750. The minimum Gasteiger partial charge on any atom is -0.383 e. The molecule has 106 valence electrons. The maximum absolute atomic E-state index is 12.7. The van der Waals surface area contributed by atoms with Crippen molar-refractivity contribution in [3.63, 3.8) is 0 Å². The van der Waals surface area contributed by atoms with Gasteiger partial charge in [0.15, 0.2) is 0 Å². The number of hydrogen-bond donors (Lipinski definition) is 0. The lowest BCUT2D eigenvalue weighted by molar-refractivity contribution is 0.0711. The van der Waals surface area contributed by atoms with Crippen LogP contribution in [0.15, 0.2) is 42.5 Å². The monoisotopic (exact) mass is 335 g/mol. The van der Waals surface area contributed by atoms with Crippen molar-refractivity contribution in [3.8, 4) is 0 Å². The van der Waals surface area contributed by atoms with E-state index in [-0.39, 0.29) is 5.91 Å². The van der Waals surface area contributed by atoms with E-state index in [0.29, 0.717) is 19.7 Å². The first-order valence-corrected chi connectivity index (χ1v) is 7.72. The number of alkyl halides is 1. The van der Waals surface area contributed by atoms with E-state index in [1.807, 2.05) is 47.4 Å². The molecule has 0 unspecified atom stereocenters. The van der Waals surface area contributed by atoms with Gasteiger partial charge in [-0.3, -0.25) is 4.79 Å². The van der Waals surface area contributed by atoms with Gasteiger partial charge >= 0.3 is 0 Å². The quantitative estimate of drug-likeness (QED) is 0.758. The fourth-order valence-electron chi connectivity index (χ4n) is 2.20. The summed E-state index contributed by atoms with van der Waals surface area (Å²) in [5.74, 6) is 0.0540. The minimum absolute atomic E-state index is 0.0540. The molecule has 3 nitrogen and oxygen atoms in total. The molecule has 20 heavy (non-hydrogen) atoms. The third kappa shape index (κ3) is 3.38. The first-order valence-electron chi connectivity index (χ1n) is 6.60. The van der Waals surface area contributed by atoms with E-state index in [1.54, 1.807) is 7.11 Å². The van der Waals surface area contributed by atoms with Crippen molar-refractivity contribution in [1.29, 1.82) is 0 Å². The van der Waals surface area contributed by atoms with Crippen LogP contribution in [0.2, 0.25) is 0 Å². The summed E-state index contributed by atoms with van der Waals surface area (Å²) in [6.45, 7) is 1.82. The Morgan fingerprint density at radius 1 is 1.15 bits per heavy atom. The van der Waals surface area contributed by atoms with E-state index in [9.17, 15) is 4.79 Å². The number of carbonyl (C=O) groups excluding carboxylic acids is 1. The van der Waals surface area contributed by atoms with Crippen molar-refractivity contribution < 1.29 is 9.53 Å². The number of methoxy groups -OCH3 is 1. The second-order valence-electron chi connectivity index (χ2n) is 4.50. The first kappa shape index (κ1) is 15.0. The molecule has 2 aromatic rings. The lowest BCUT2D eigenvalue weighted by atomic mass is 10.0. The number of carbonyl (C=O) groups is 1. The normalized spacial score (nSPS) is 10.7. The fraction of sp³-hybridized carbons (Fsp3) is 0.312. The highest BCUT2D eigenvalue weighted by Gasteiger charge is 2.16. The molecule has 0 fully saturated rings. The molecule has 0 saturated carbocycles. The molecule has 2 aromatic carbocycles. The van der Waals surface area contributed by atoms with Crippen molar-refractivity contribution in [1.82, 2.24) is 4.90 Å². The molecule has 0 heterocycles. The fourth-order valence-corrected chi connectivity index (χ4v) is 2.63. The van der Waals surface area contributed by atoms with Crippen molar-refractivity contribution in [2.45, 2.75) is 0 Å². The van der Waals surface area contributed by atoms with Gasteiger partial charge in [-0.25, -0.2) is 0 Å². The van der Waals surface area contributed by atoms with Crippen LogP contribution in [0.3, 0.4) is 0 Å². The standard InChI is InChI=1S/C16H18BrNO2/c1-20-12-11-18(10-9-17)16(19)15-8-4-6-13-5-2-3-7-14(13)15/h2-8H,9-12H2,1H3. The molecular weight excluding hydrogens is 318 g/mol. The summed E-state index contributed by atoms with van der Waals surface area (Å²) in [6.07, 6.45) is 0. The minimum atomic E-state index is 0.0540. The summed E-state index contributed by atoms with van der Waals surface area (Å²) >= 11 is 3.40. The lowest BCUT2D eigenvalue weighted by Gasteiger charge is -2.22. The van der Waals surface area contributed by atoms with Crippen molar-refractivity contribution >= 4 is 32.6 Å². The van der Waals surface area contributed by atoms with Crippen LogP contribution >= 0.6 is 15.9 Å². The first-order chi connectivity index (χ1) is 9.77. The average molecular weight is 336 g/mol. The van der Waals surface area contributed by atoms with Gasteiger partial charge in [-0.1, -0.05) is 52.3 Å². The van der Waals surface area contributed by atoms with Crippen molar-refractivity contribution in [2.75, 3.05) is 32.1 Å². The zero-order valence-corrected chi connectivity index (χ0v) is 13.1. The molecule has 0 atom stereocenters. The van der Waals surface area contributed by atoms with Crippen LogP contribution in [0, 0.1) is 0 Å². The number of ether oxygens (including phenoxy) is 1. The van der Waals surface area contributed by atoms with Gasteiger partial charge in [-0.05, 0) is 16.8 Å². The van der Waals surface area contributed by atoms with Gasteiger partial charge in [-0.2, -0.15) is 0 Å². The number of rotatable bonds is 6. The van der Waals surface area contributed by atoms with E-state index < -0.39 is 0 Å². The summed E-state index contributed by atoms with van der Waals surface area (Å²) in [4.78, 5) is 14.5. The third-order valence-electron chi connectivity index (χ3n) is 3.23. The van der Waals surface area contributed by atoms with Crippen LogP contribution in [0.5, 0.6) is 0 Å². The Bertz CT molecular complexity index is 580. The van der Waals surface area contributed by atoms with E-state index in [0.717, 1.165) is 21.7 Å². The van der Waals surface area contributed by atoms with Crippen molar-refractivity contribution in [2.24, 2.45) is 0 Å². The second-order valence-corrected chi connectivity index (χ2v) is 5.29. The molecule has 0 saturated heterocycles. The van der Waals surface area contributed by atoms with Crippen LogP contribution in [-0.2, 0) is 4.74 Å². The Balaban J connectivity index is 2.33. The Labute approximate surface area is 127 Å². The largest absolute Gasteiger partial charge is 0.383 e. The predicted molar refractivity (Wildman–Crippen MR) is 85.5 cm³/mol. The molecule has 0 radical (unpaired) electrons. The number of benzene rings is 2. The van der Waals surface area contributed by atoms with Gasteiger partial charge in [0.1, 0.15) is 0 Å². The van der Waals surface area contributed by atoms with Crippen LogP contribution in [-0.4, -0.2) is 42.9 Å². The van der Waals surface area contributed by atoms with Gasteiger partial charge in [0, 0.05) is 31.1 Å². The Morgan fingerprint density at radius 3 is 2.65 bits per heavy atom. The highest BCUT2D eigenvalue weighted by atomic mass is 79.9. The predicted octanol–water partition coefficient (Wildman–Crippen LogP) is 3.32. The van der Waals surface area contributed by atoms with Gasteiger partial charge in [0.2, 0.25) is 0 Å². The van der Waals surface area contributed by atoms with E-state index in [4.69, 9.17) is 4.74 Å². The average Bonchev–Trinajstić information content (AvgIpc) is 2.50. The van der Waals surface area contributed by atoms with Gasteiger partial charge in [-0.15, -0.1) is 0 Å². The molecule has 4 heteroatoms. The number of hydrogen-bond acceptors (Lipinski definition) is 2. The van der Waals surface area contributed by atoms with Gasteiger partial charge in [0.05, 0.1) is 6.61 Å². The SMILES string of the molecule is COCCN(CCBr)C(=O)c1cccc2ccccc12. The molecule has 0 bridgehead atoms. The number of nitrogens with zero attached hydrogens (tertiary/aromatic N) is 1. The highest BCUT2D eigenvalue weighted by molar-refractivity contribution is 9.09. The van der Waals surface area contributed by atoms with E-state index >= 15 is 0 Å². The molecule has 0 aliphatic rings. The van der Waals surface area contributed by atoms with Crippen molar-refractivity contribution in [3.05, 3.63) is 48.0 Å². The van der Waals surface area contributed by atoms with Gasteiger partial charge < -0.3 is 9.64 Å². The number of halogens is 1.